The maximum absolute atomic E-state index is 13.7. The van der Waals surface area contributed by atoms with E-state index in [9.17, 15) is 13.2 Å². The number of anilines is 1. The van der Waals surface area contributed by atoms with E-state index < -0.39 is 10.0 Å². The third-order valence-corrected chi connectivity index (χ3v) is 8.66. The molecule has 2 aromatic carbocycles. The van der Waals surface area contributed by atoms with Crippen LogP contribution in [0, 0.1) is 6.92 Å². The van der Waals surface area contributed by atoms with Crippen molar-refractivity contribution in [2.24, 2.45) is 0 Å². The number of fused-ring (bicyclic) bond motifs is 2. The average Bonchev–Trinajstić information content (AvgIpc) is 3.30. The van der Waals surface area contributed by atoms with Gasteiger partial charge in [-0.3, -0.25) is 9.10 Å². The first kappa shape index (κ1) is 21.8. The van der Waals surface area contributed by atoms with Gasteiger partial charge in [0.2, 0.25) is 5.91 Å². The number of ether oxygens (including phenoxy) is 2. The molecular weight excluding hydrogens is 460 g/mol. The summed E-state index contributed by atoms with van der Waals surface area (Å²) in [6, 6.07) is 13.7. The van der Waals surface area contributed by atoms with Crippen molar-refractivity contribution >= 4 is 33.0 Å². The minimum atomic E-state index is -4.03. The van der Waals surface area contributed by atoms with Gasteiger partial charge in [-0.25, -0.2) is 8.42 Å². The summed E-state index contributed by atoms with van der Waals surface area (Å²) in [5, 5.41) is 2.03. The predicted molar refractivity (Wildman–Crippen MR) is 127 cm³/mol. The molecule has 172 valence electrons. The van der Waals surface area contributed by atoms with Crippen LogP contribution in [0.2, 0.25) is 0 Å². The zero-order valence-electron chi connectivity index (χ0n) is 18.2. The van der Waals surface area contributed by atoms with Crippen LogP contribution in [-0.2, 0) is 27.8 Å². The Bertz CT molecular complexity index is 1280. The predicted octanol–water partition coefficient (Wildman–Crippen LogP) is 3.61. The number of amides is 1. The molecule has 5 rings (SSSR count). The third-order valence-electron chi connectivity index (χ3n) is 5.86. The van der Waals surface area contributed by atoms with Crippen molar-refractivity contribution in [2.75, 3.05) is 30.6 Å². The Morgan fingerprint density at radius 2 is 1.82 bits per heavy atom. The number of hydrogen-bond donors (Lipinski definition) is 0. The maximum Gasteiger partial charge on any atom is 0.264 e. The molecule has 1 aromatic heterocycles. The van der Waals surface area contributed by atoms with Gasteiger partial charge in [-0.2, -0.15) is 0 Å². The molecule has 0 radical (unpaired) electrons. The van der Waals surface area contributed by atoms with Crippen LogP contribution in [-0.4, -0.2) is 45.5 Å². The number of thiophene rings is 1. The van der Waals surface area contributed by atoms with Crippen LogP contribution < -0.4 is 13.8 Å². The van der Waals surface area contributed by atoms with E-state index in [4.69, 9.17) is 9.47 Å². The first-order valence-electron chi connectivity index (χ1n) is 10.7. The van der Waals surface area contributed by atoms with Crippen molar-refractivity contribution in [3.8, 4) is 11.5 Å². The first-order chi connectivity index (χ1) is 15.9. The molecule has 3 aromatic rings. The lowest BCUT2D eigenvalue weighted by molar-refractivity contribution is -0.130. The molecule has 0 spiro atoms. The van der Waals surface area contributed by atoms with E-state index in [2.05, 4.69) is 0 Å². The molecule has 9 heteroatoms. The Hall–Kier alpha value is -3.04. The van der Waals surface area contributed by atoms with Gasteiger partial charge >= 0.3 is 0 Å². The summed E-state index contributed by atoms with van der Waals surface area (Å²) in [6.07, 6.45) is 0.790. The van der Waals surface area contributed by atoms with Gasteiger partial charge in [-0.15, -0.1) is 11.3 Å². The molecule has 33 heavy (non-hydrogen) atoms. The number of hydrogen-bond acceptors (Lipinski definition) is 6. The maximum atomic E-state index is 13.7. The first-order valence-corrected chi connectivity index (χ1v) is 13.1. The SMILES string of the molecule is Cc1ccc(N(CC(=O)N2CCc3sccc3C2)S(=O)(=O)c2ccc3c(c2)OCCO3)cc1. The van der Waals surface area contributed by atoms with Gasteiger partial charge < -0.3 is 14.4 Å². The highest BCUT2D eigenvalue weighted by Gasteiger charge is 2.31. The second-order valence-corrected chi connectivity index (χ2v) is 10.9. The highest BCUT2D eigenvalue weighted by Crippen LogP contribution is 2.34. The molecule has 0 unspecified atom stereocenters. The molecule has 3 heterocycles. The van der Waals surface area contributed by atoms with Crippen LogP contribution in [0.4, 0.5) is 5.69 Å². The minimum Gasteiger partial charge on any atom is -0.486 e. The largest absolute Gasteiger partial charge is 0.486 e. The molecule has 2 aliphatic heterocycles. The summed E-state index contributed by atoms with van der Waals surface area (Å²) in [6.45, 7) is 3.52. The zero-order valence-corrected chi connectivity index (χ0v) is 19.8. The van der Waals surface area contributed by atoms with Crippen LogP contribution in [0.3, 0.4) is 0 Å². The molecule has 1 amide bonds. The van der Waals surface area contributed by atoms with Crippen molar-refractivity contribution in [1.82, 2.24) is 4.90 Å². The molecule has 0 bridgehead atoms. The Morgan fingerprint density at radius 1 is 1.06 bits per heavy atom. The van der Waals surface area contributed by atoms with Gasteiger partial charge in [-0.1, -0.05) is 17.7 Å². The van der Waals surface area contributed by atoms with Crippen molar-refractivity contribution < 1.29 is 22.7 Å². The van der Waals surface area contributed by atoms with Crippen LogP contribution in [0.5, 0.6) is 11.5 Å². The van der Waals surface area contributed by atoms with Crippen molar-refractivity contribution in [3.63, 3.8) is 0 Å². The Kier molecular flexibility index (Phi) is 5.76. The van der Waals surface area contributed by atoms with Gasteiger partial charge in [0.15, 0.2) is 11.5 Å². The molecule has 0 aliphatic carbocycles. The molecule has 0 N–H and O–H groups in total. The molecule has 2 aliphatic rings. The lowest BCUT2D eigenvalue weighted by atomic mass is 10.1. The van der Waals surface area contributed by atoms with Crippen LogP contribution in [0.15, 0.2) is 58.8 Å². The van der Waals surface area contributed by atoms with Gasteiger partial charge in [0.25, 0.3) is 10.0 Å². The number of aryl methyl sites for hydroxylation is 1. The van der Waals surface area contributed by atoms with Gasteiger partial charge in [0.1, 0.15) is 19.8 Å². The Labute approximate surface area is 197 Å². The van der Waals surface area contributed by atoms with Crippen LogP contribution in [0.1, 0.15) is 16.0 Å². The van der Waals surface area contributed by atoms with Gasteiger partial charge in [0.05, 0.1) is 10.6 Å². The molecule has 0 saturated heterocycles. The third kappa shape index (κ3) is 4.30. The van der Waals surface area contributed by atoms with Crippen molar-refractivity contribution in [2.45, 2.75) is 24.8 Å². The summed E-state index contributed by atoms with van der Waals surface area (Å²) < 4.78 is 39.8. The highest BCUT2D eigenvalue weighted by atomic mass is 32.2. The fraction of sp³-hybridized carbons (Fsp3) is 0.292. The van der Waals surface area contributed by atoms with Crippen molar-refractivity contribution in [1.29, 1.82) is 0 Å². The van der Waals surface area contributed by atoms with Crippen LogP contribution in [0.25, 0.3) is 0 Å². The molecule has 7 nitrogen and oxygen atoms in total. The van der Waals surface area contributed by atoms with E-state index in [-0.39, 0.29) is 17.3 Å². The smallest absolute Gasteiger partial charge is 0.264 e. The van der Waals surface area contributed by atoms with E-state index >= 15 is 0 Å². The summed E-state index contributed by atoms with van der Waals surface area (Å²) in [4.78, 5) is 16.3. The molecule has 0 fully saturated rings. The van der Waals surface area contributed by atoms with Gasteiger partial charge in [-0.05, 0) is 54.6 Å². The monoisotopic (exact) mass is 484 g/mol. The van der Waals surface area contributed by atoms with Crippen LogP contribution >= 0.6 is 11.3 Å². The Morgan fingerprint density at radius 3 is 2.61 bits per heavy atom. The van der Waals surface area contributed by atoms with E-state index in [1.54, 1.807) is 34.4 Å². The molecule has 0 saturated carbocycles. The highest BCUT2D eigenvalue weighted by molar-refractivity contribution is 7.92. The topological polar surface area (TPSA) is 76.2 Å². The van der Waals surface area contributed by atoms with E-state index in [0.717, 1.165) is 17.5 Å². The van der Waals surface area contributed by atoms with Crippen molar-refractivity contribution in [3.05, 3.63) is 69.9 Å². The quantitative estimate of drug-likeness (QED) is 0.553. The summed E-state index contributed by atoms with van der Waals surface area (Å²) >= 11 is 1.70. The number of sulfonamides is 1. The summed E-state index contributed by atoms with van der Waals surface area (Å²) in [5.41, 5.74) is 2.58. The second-order valence-electron chi connectivity index (χ2n) is 8.09. The number of nitrogens with zero attached hydrogens (tertiary/aromatic N) is 2. The standard InChI is InChI=1S/C24H24N2O5S2/c1-17-2-4-19(5-3-17)26(16-24(27)25-10-8-23-18(15-25)9-13-32-23)33(28,29)20-6-7-21-22(14-20)31-12-11-30-21/h2-7,9,13-14H,8,10-12,15-16H2,1H3. The molecule has 0 atom stereocenters. The Balaban J connectivity index is 1.47. The summed E-state index contributed by atoms with van der Waals surface area (Å²) in [5.74, 6) is 0.671. The fourth-order valence-electron chi connectivity index (χ4n) is 4.02. The average molecular weight is 485 g/mol. The zero-order chi connectivity index (χ0) is 23.0. The molecular formula is C24H24N2O5S2. The number of rotatable bonds is 5. The van der Waals surface area contributed by atoms with E-state index in [0.29, 0.717) is 43.5 Å². The number of benzene rings is 2. The summed E-state index contributed by atoms with van der Waals surface area (Å²) in [7, 11) is -4.03. The normalized spacial score (nSPS) is 15.1. The lowest BCUT2D eigenvalue weighted by Gasteiger charge is -2.31. The van der Waals surface area contributed by atoms with E-state index in [1.165, 1.54) is 21.3 Å². The van der Waals surface area contributed by atoms with Gasteiger partial charge in [0, 0.05) is 24.0 Å². The minimum absolute atomic E-state index is 0.0545. The second kappa shape index (κ2) is 8.72. The lowest BCUT2D eigenvalue weighted by Crippen LogP contribution is -2.44. The number of carbonyl (C=O) groups is 1. The fourth-order valence-corrected chi connectivity index (χ4v) is 6.34. The van der Waals surface area contributed by atoms with E-state index in [1.807, 2.05) is 30.5 Å². The number of carbonyl (C=O) groups excluding carboxylic acids is 1.